The van der Waals surface area contributed by atoms with Crippen molar-refractivity contribution in [3.05, 3.63) is 60.2 Å². The third kappa shape index (κ3) is 4.40. The highest BCUT2D eigenvalue weighted by Crippen LogP contribution is 2.27. The molecule has 0 bridgehead atoms. The highest BCUT2D eigenvalue weighted by Gasteiger charge is 2.23. The fraction of sp³-hybridized carbons (Fsp3) is 0.350. The lowest BCUT2D eigenvalue weighted by Crippen LogP contribution is -2.25. The van der Waals surface area contributed by atoms with Gasteiger partial charge in [-0.3, -0.25) is 4.79 Å². The van der Waals surface area contributed by atoms with Crippen LogP contribution in [0.1, 0.15) is 24.3 Å². The van der Waals surface area contributed by atoms with Crippen molar-refractivity contribution in [3.8, 4) is 0 Å². The van der Waals surface area contributed by atoms with E-state index in [2.05, 4.69) is 40.5 Å². The summed E-state index contributed by atoms with van der Waals surface area (Å²) < 4.78 is 0. The molecule has 24 heavy (non-hydrogen) atoms. The third-order valence-corrected chi connectivity index (χ3v) is 5.38. The van der Waals surface area contributed by atoms with E-state index in [-0.39, 0.29) is 5.91 Å². The molecule has 1 fully saturated rings. The van der Waals surface area contributed by atoms with Crippen LogP contribution in [0.5, 0.6) is 0 Å². The smallest absolute Gasteiger partial charge is 0.225 e. The molecule has 1 aliphatic rings. The summed E-state index contributed by atoms with van der Waals surface area (Å²) in [6.07, 6.45) is 3.75. The molecule has 1 amide bonds. The van der Waals surface area contributed by atoms with Gasteiger partial charge in [-0.25, -0.2) is 0 Å². The van der Waals surface area contributed by atoms with Gasteiger partial charge in [-0.2, -0.15) is 0 Å². The summed E-state index contributed by atoms with van der Waals surface area (Å²) in [4.78, 5) is 15.7. The van der Waals surface area contributed by atoms with E-state index in [0.29, 0.717) is 12.3 Å². The zero-order valence-corrected chi connectivity index (χ0v) is 14.9. The first kappa shape index (κ1) is 17.1. The second kappa shape index (κ2) is 8.36. The maximum absolute atomic E-state index is 12.2. The number of hydrogen-bond donors (Lipinski definition) is 1. The summed E-state index contributed by atoms with van der Waals surface area (Å²) in [7, 11) is 0. The van der Waals surface area contributed by atoms with E-state index >= 15 is 0 Å². The Morgan fingerprint density at radius 2 is 1.92 bits per heavy atom. The Labute approximate surface area is 148 Å². The van der Waals surface area contributed by atoms with Crippen LogP contribution in [-0.4, -0.2) is 36.7 Å². The monoisotopic (exact) mass is 340 g/mol. The van der Waals surface area contributed by atoms with Crippen LogP contribution < -0.4 is 5.32 Å². The number of anilines is 1. The second-order valence-electron chi connectivity index (χ2n) is 6.20. The lowest BCUT2D eigenvalue weighted by molar-refractivity contribution is -0.116. The lowest BCUT2D eigenvalue weighted by atomic mass is 9.99. The minimum absolute atomic E-state index is 0.0969. The topological polar surface area (TPSA) is 32.3 Å². The third-order valence-electron chi connectivity index (χ3n) is 4.58. The molecule has 2 aromatic rings. The van der Waals surface area contributed by atoms with E-state index in [9.17, 15) is 4.79 Å². The predicted octanol–water partition coefficient (Wildman–Crippen LogP) is 4.23. The Morgan fingerprint density at radius 1 is 1.17 bits per heavy atom. The fourth-order valence-corrected chi connectivity index (χ4v) is 3.81. The largest absolute Gasteiger partial charge is 0.325 e. The van der Waals surface area contributed by atoms with Crippen LogP contribution in [0.25, 0.3) is 0 Å². The summed E-state index contributed by atoms with van der Waals surface area (Å²) >= 11 is 1.65. The van der Waals surface area contributed by atoms with Crippen molar-refractivity contribution in [2.75, 3.05) is 31.2 Å². The fourth-order valence-electron chi connectivity index (χ4n) is 3.25. The van der Waals surface area contributed by atoms with Crippen molar-refractivity contribution in [3.63, 3.8) is 0 Å². The molecule has 0 aromatic heterocycles. The van der Waals surface area contributed by atoms with Crippen LogP contribution in [-0.2, 0) is 4.79 Å². The normalized spacial score (nSPS) is 17.8. The molecule has 126 valence electrons. The Hall–Kier alpha value is -1.78. The molecular weight excluding hydrogens is 316 g/mol. The van der Waals surface area contributed by atoms with Crippen molar-refractivity contribution in [2.45, 2.75) is 23.7 Å². The molecule has 0 spiro atoms. The second-order valence-corrected chi connectivity index (χ2v) is 7.04. The quantitative estimate of drug-likeness (QED) is 0.799. The minimum atomic E-state index is 0.0969. The summed E-state index contributed by atoms with van der Waals surface area (Å²) in [5.41, 5.74) is 2.33. The number of thioether (sulfide) groups is 1. The Morgan fingerprint density at radius 3 is 2.71 bits per heavy atom. The zero-order valence-electron chi connectivity index (χ0n) is 14.1. The van der Waals surface area contributed by atoms with Crippen LogP contribution in [0.15, 0.2) is 59.5 Å². The van der Waals surface area contributed by atoms with Crippen molar-refractivity contribution in [1.29, 1.82) is 0 Å². The molecule has 1 unspecified atom stereocenters. The van der Waals surface area contributed by atoms with E-state index in [1.165, 1.54) is 12.0 Å². The molecule has 3 rings (SSSR count). The molecule has 1 heterocycles. The zero-order chi connectivity index (χ0) is 16.8. The number of para-hydroxylation sites is 1. The van der Waals surface area contributed by atoms with Gasteiger partial charge in [0, 0.05) is 24.4 Å². The van der Waals surface area contributed by atoms with Gasteiger partial charge in [0.05, 0.1) is 5.69 Å². The highest BCUT2D eigenvalue weighted by molar-refractivity contribution is 7.98. The maximum atomic E-state index is 12.2. The standard InChI is InChI=1S/C20H24N2OS/c1-24-19-10-6-5-9-18(19)21-20(23)12-14-22-13-11-17(15-22)16-7-3-2-4-8-16/h2-10,17H,11-15H2,1H3,(H,21,23). The van der Waals surface area contributed by atoms with Gasteiger partial charge in [0.15, 0.2) is 0 Å². The molecule has 0 saturated carbocycles. The first-order valence-electron chi connectivity index (χ1n) is 8.46. The van der Waals surface area contributed by atoms with Crippen LogP contribution >= 0.6 is 11.8 Å². The van der Waals surface area contributed by atoms with Crippen LogP contribution in [0.3, 0.4) is 0 Å². The number of nitrogens with zero attached hydrogens (tertiary/aromatic N) is 1. The van der Waals surface area contributed by atoms with E-state index in [0.717, 1.165) is 30.2 Å². The van der Waals surface area contributed by atoms with E-state index < -0.39 is 0 Å². The number of rotatable bonds is 6. The van der Waals surface area contributed by atoms with Gasteiger partial charge in [0.25, 0.3) is 0 Å². The number of likely N-dealkylation sites (tertiary alicyclic amines) is 1. The van der Waals surface area contributed by atoms with Gasteiger partial charge in [-0.15, -0.1) is 11.8 Å². The SMILES string of the molecule is CSc1ccccc1NC(=O)CCN1CCC(c2ccccc2)C1. The predicted molar refractivity (Wildman–Crippen MR) is 102 cm³/mol. The molecular formula is C20H24N2OS. The number of carbonyl (C=O) groups is 1. The van der Waals surface area contributed by atoms with Crippen LogP contribution in [0, 0.1) is 0 Å². The van der Waals surface area contributed by atoms with Crippen molar-refractivity contribution in [2.24, 2.45) is 0 Å². The molecule has 1 saturated heterocycles. The number of amides is 1. The molecule has 0 aliphatic carbocycles. The number of hydrogen-bond acceptors (Lipinski definition) is 3. The molecule has 3 nitrogen and oxygen atoms in total. The Balaban J connectivity index is 1.47. The summed E-state index contributed by atoms with van der Waals surface area (Å²) in [5.74, 6) is 0.700. The molecule has 1 atom stereocenters. The molecule has 0 radical (unpaired) electrons. The molecule has 1 N–H and O–H groups in total. The van der Waals surface area contributed by atoms with Gasteiger partial charge in [0.1, 0.15) is 0 Å². The summed E-state index contributed by atoms with van der Waals surface area (Å²) in [5, 5.41) is 3.04. The van der Waals surface area contributed by atoms with E-state index in [4.69, 9.17) is 0 Å². The summed E-state index contributed by atoms with van der Waals surface area (Å²) in [6.45, 7) is 2.96. The lowest BCUT2D eigenvalue weighted by Gasteiger charge is -2.16. The first-order chi connectivity index (χ1) is 11.8. The van der Waals surface area contributed by atoms with E-state index in [1.54, 1.807) is 11.8 Å². The Bertz CT molecular complexity index is 674. The maximum Gasteiger partial charge on any atom is 0.225 e. The first-order valence-corrected chi connectivity index (χ1v) is 9.69. The molecule has 1 aliphatic heterocycles. The van der Waals surface area contributed by atoms with Crippen LogP contribution in [0.4, 0.5) is 5.69 Å². The van der Waals surface area contributed by atoms with Gasteiger partial charge in [-0.05, 0) is 42.8 Å². The summed E-state index contributed by atoms with van der Waals surface area (Å²) in [6, 6.07) is 18.6. The average Bonchev–Trinajstić information content (AvgIpc) is 3.10. The van der Waals surface area contributed by atoms with Crippen molar-refractivity contribution < 1.29 is 4.79 Å². The molecule has 4 heteroatoms. The van der Waals surface area contributed by atoms with Crippen molar-refractivity contribution >= 4 is 23.4 Å². The molecule has 2 aromatic carbocycles. The highest BCUT2D eigenvalue weighted by atomic mass is 32.2. The average molecular weight is 340 g/mol. The minimum Gasteiger partial charge on any atom is -0.325 e. The Kier molecular flexibility index (Phi) is 5.94. The number of nitrogens with one attached hydrogen (secondary N) is 1. The van der Waals surface area contributed by atoms with Crippen molar-refractivity contribution in [1.82, 2.24) is 4.90 Å². The van der Waals surface area contributed by atoms with E-state index in [1.807, 2.05) is 30.5 Å². The van der Waals surface area contributed by atoms with Gasteiger partial charge in [0.2, 0.25) is 5.91 Å². The van der Waals surface area contributed by atoms with Gasteiger partial charge in [-0.1, -0.05) is 42.5 Å². The number of benzene rings is 2. The van der Waals surface area contributed by atoms with Crippen LogP contribution in [0.2, 0.25) is 0 Å². The van der Waals surface area contributed by atoms with Gasteiger partial charge >= 0.3 is 0 Å². The van der Waals surface area contributed by atoms with Gasteiger partial charge < -0.3 is 10.2 Å². The number of carbonyl (C=O) groups excluding carboxylic acids is 1.